The summed E-state index contributed by atoms with van der Waals surface area (Å²) in [5.74, 6) is -0.204. The van der Waals surface area contributed by atoms with Crippen molar-refractivity contribution in [1.82, 2.24) is 5.32 Å². The van der Waals surface area contributed by atoms with E-state index in [4.69, 9.17) is 4.74 Å². The first-order valence-corrected chi connectivity index (χ1v) is 15.5. The highest BCUT2D eigenvalue weighted by molar-refractivity contribution is 8.00. The smallest absolute Gasteiger partial charge is 0.272 e. The average Bonchev–Trinajstić information content (AvgIpc) is 3.51. The number of thiophene rings is 1. The summed E-state index contributed by atoms with van der Waals surface area (Å²) in [4.78, 5) is 39.7. The van der Waals surface area contributed by atoms with Crippen LogP contribution in [-0.4, -0.2) is 29.6 Å². The van der Waals surface area contributed by atoms with Crippen LogP contribution in [0, 0.1) is 0 Å². The van der Waals surface area contributed by atoms with Gasteiger partial charge in [0.15, 0.2) is 0 Å². The zero-order chi connectivity index (χ0) is 29.7. The van der Waals surface area contributed by atoms with E-state index in [9.17, 15) is 14.4 Å². The summed E-state index contributed by atoms with van der Waals surface area (Å²) < 4.78 is 5.68. The maximum atomic E-state index is 13.3. The molecule has 3 N–H and O–H groups in total. The van der Waals surface area contributed by atoms with Crippen LogP contribution >= 0.6 is 23.1 Å². The van der Waals surface area contributed by atoms with Gasteiger partial charge in [-0.05, 0) is 96.4 Å². The molecule has 1 atom stereocenters. The summed E-state index contributed by atoms with van der Waals surface area (Å²) in [5, 5.41) is 11.9. The van der Waals surface area contributed by atoms with Gasteiger partial charge >= 0.3 is 0 Å². The molecule has 3 amide bonds. The molecule has 0 bridgehead atoms. The highest BCUT2D eigenvalue weighted by atomic mass is 32.2. The number of thioether (sulfide) groups is 1. The Morgan fingerprint density at radius 2 is 1.71 bits per heavy atom. The van der Waals surface area contributed by atoms with Crippen LogP contribution in [0.25, 0.3) is 6.08 Å². The molecule has 0 saturated heterocycles. The highest BCUT2D eigenvalue weighted by Gasteiger charge is 2.17. The highest BCUT2D eigenvalue weighted by Crippen LogP contribution is 2.27. The molecule has 4 rings (SSSR count). The number of unbranched alkanes of at least 4 members (excludes halogenated alkanes) is 1. The second-order valence-corrected chi connectivity index (χ2v) is 11.6. The summed E-state index contributed by atoms with van der Waals surface area (Å²) in [6.07, 6.45) is 3.71. The van der Waals surface area contributed by atoms with Gasteiger partial charge in [-0.2, -0.15) is 11.3 Å². The molecule has 0 aliphatic carbocycles. The van der Waals surface area contributed by atoms with Crippen LogP contribution in [0.15, 0.2) is 106 Å². The number of ether oxygens (including phenoxy) is 1. The number of nitrogens with one attached hydrogen (secondary N) is 3. The van der Waals surface area contributed by atoms with Crippen molar-refractivity contribution in [3.05, 3.63) is 113 Å². The molecule has 3 aromatic carbocycles. The van der Waals surface area contributed by atoms with Gasteiger partial charge < -0.3 is 20.7 Å². The van der Waals surface area contributed by atoms with Crippen LogP contribution in [0.2, 0.25) is 0 Å². The first-order chi connectivity index (χ1) is 20.4. The third kappa shape index (κ3) is 9.36. The first-order valence-electron chi connectivity index (χ1n) is 13.6. The van der Waals surface area contributed by atoms with E-state index in [2.05, 4.69) is 22.9 Å². The topological polar surface area (TPSA) is 96.5 Å². The van der Waals surface area contributed by atoms with Gasteiger partial charge in [-0.3, -0.25) is 14.4 Å². The van der Waals surface area contributed by atoms with Gasteiger partial charge in [0, 0.05) is 21.8 Å². The maximum absolute atomic E-state index is 13.3. The molecule has 0 aliphatic heterocycles. The Hall–Kier alpha value is -4.34. The monoisotopic (exact) mass is 599 g/mol. The zero-order valence-corrected chi connectivity index (χ0v) is 25.1. The zero-order valence-electron chi connectivity index (χ0n) is 23.5. The molecule has 7 nitrogen and oxygen atoms in total. The Bertz CT molecular complexity index is 1500. The van der Waals surface area contributed by atoms with Crippen molar-refractivity contribution in [3.8, 4) is 5.75 Å². The van der Waals surface area contributed by atoms with Crippen molar-refractivity contribution < 1.29 is 19.1 Å². The van der Waals surface area contributed by atoms with E-state index in [1.165, 1.54) is 23.1 Å². The molecule has 9 heteroatoms. The Morgan fingerprint density at radius 3 is 2.43 bits per heavy atom. The molecule has 1 aromatic heterocycles. The number of carbonyl (C=O) groups is 3. The molecular weight excluding hydrogens is 567 g/mol. The lowest BCUT2D eigenvalue weighted by Crippen LogP contribution is -2.30. The largest absolute Gasteiger partial charge is 0.494 e. The van der Waals surface area contributed by atoms with Gasteiger partial charge in [0.05, 0.1) is 11.9 Å². The number of hydrogen-bond acceptors (Lipinski definition) is 6. The fourth-order valence-electron chi connectivity index (χ4n) is 3.78. The average molecular weight is 600 g/mol. The second-order valence-electron chi connectivity index (χ2n) is 9.39. The van der Waals surface area contributed by atoms with Crippen molar-refractivity contribution in [2.45, 2.75) is 36.8 Å². The SMILES string of the molecule is CCCCOc1ccc(NC(=O)C(C)Sc2cccc(NC(=O)/C(=C/c3ccsc3)NC(=O)c3ccccc3)c2)cc1. The van der Waals surface area contributed by atoms with Gasteiger partial charge in [0.1, 0.15) is 11.4 Å². The van der Waals surface area contributed by atoms with E-state index < -0.39 is 11.2 Å². The van der Waals surface area contributed by atoms with Crippen molar-refractivity contribution in [3.63, 3.8) is 0 Å². The summed E-state index contributed by atoms with van der Waals surface area (Å²) in [6, 6.07) is 25.2. The standard InChI is InChI=1S/C33H33N3O4S2/c1-3-4-18-40-28-15-13-26(14-16-28)34-31(37)23(2)42-29-12-8-11-27(21-29)35-33(39)30(20-24-17-19-41-22-24)36-32(38)25-9-6-5-7-10-25/h5-17,19-23H,3-4,18H2,1-2H3,(H,34,37)(H,35,39)(H,36,38)/b30-20-. The van der Waals surface area contributed by atoms with E-state index in [0.717, 1.165) is 29.1 Å². The van der Waals surface area contributed by atoms with Gasteiger partial charge in [0.25, 0.3) is 11.8 Å². The van der Waals surface area contributed by atoms with Gasteiger partial charge in [-0.1, -0.05) is 37.6 Å². The summed E-state index contributed by atoms with van der Waals surface area (Å²) in [6.45, 7) is 4.61. The summed E-state index contributed by atoms with van der Waals surface area (Å²) in [7, 11) is 0. The molecule has 0 spiro atoms. The fraction of sp³-hybridized carbons (Fsp3) is 0.182. The van der Waals surface area contributed by atoms with Crippen LogP contribution in [0.1, 0.15) is 42.6 Å². The Morgan fingerprint density at radius 1 is 0.929 bits per heavy atom. The van der Waals surface area contributed by atoms with Crippen LogP contribution in [0.5, 0.6) is 5.75 Å². The van der Waals surface area contributed by atoms with Gasteiger partial charge in [0.2, 0.25) is 5.91 Å². The Balaban J connectivity index is 1.37. The summed E-state index contributed by atoms with van der Waals surface area (Å²) in [5.41, 5.74) is 2.61. The molecule has 1 heterocycles. The number of benzene rings is 3. The van der Waals surface area contributed by atoms with Gasteiger partial charge in [-0.15, -0.1) is 11.8 Å². The lowest BCUT2D eigenvalue weighted by atomic mass is 10.2. The summed E-state index contributed by atoms with van der Waals surface area (Å²) >= 11 is 2.87. The lowest BCUT2D eigenvalue weighted by molar-refractivity contribution is -0.115. The number of anilines is 2. The van der Waals surface area contributed by atoms with E-state index in [1.807, 2.05) is 66.2 Å². The van der Waals surface area contributed by atoms with E-state index in [-0.39, 0.29) is 17.5 Å². The molecule has 4 aromatic rings. The third-order valence-corrected chi connectivity index (χ3v) is 7.84. The molecule has 0 fully saturated rings. The van der Waals surface area contributed by atoms with Crippen molar-refractivity contribution in [2.24, 2.45) is 0 Å². The molecule has 0 aliphatic rings. The van der Waals surface area contributed by atoms with Crippen molar-refractivity contribution in [1.29, 1.82) is 0 Å². The fourth-order valence-corrected chi connectivity index (χ4v) is 5.33. The van der Waals surface area contributed by atoms with E-state index >= 15 is 0 Å². The molecule has 1 unspecified atom stereocenters. The quantitative estimate of drug-likeness (QED) is 0.0842. The lowest BCUT2D eigenvalue weighted by Gasteiger charge is -2.14. The van der Waals surface area contributed by atoms with Crippen LogP contribution < -0.4 is 20.7 Å². The van der Waals surface area contributed by atoms with Crippen LogP contribution in [-0.2, 0) is 9.59 Å². The van der Waals surface area contributed by atoms with Crippen molar-refractivity contribution in [2.75, 3.05) is 17.2 Å². The Labute approximate surface area is 254 Å². The molecule has 0 saturated carbocycles. The normalized spacial score (nSPS) is 11.8. The molecule has 216 valence electrons. The van der Waals surface area contributed by atoms with Gasteiger partial charge in [-0.25, -0.2) is 0 Å². The maximum Gasteiger partial charge on any atom is 0.272 e. The molecular formula is C33H33N3O4S2. The minimum absolute atomic E-state index is 0.120. The minimum atomic E-state index is -0.458. The number of hydrogen-bond donors (Lipinski definition) is 3. The Kier molecular flexibility index (Phi) is 11.4. The predicted octanol–water partition coefficient (Wildman–Crippen LogP) is 7.46. The van der Waals surface area contributed by atoms with Crippen molar-refractivity contribution >= 4 is 58.3 Å². The first kappa shape index (κ1) is 30.6. The predicted molar refractivity (Wildman–Crippen MR) is 172 cm³/mol. The van der Waals surface area contributed by atoms with Crippen LogP contribution in [0.3, 0.4) is 0 Å². The number of rotatable bonds is 13. The molecule has 42 heavy (non-hydrogen) atoms. The third-order valence-electron chi connectivity index (χ3n) is 6.05. The minimum Gasteiger partial charge on any atom is -0.494 e. The van der Waals surface area contributed by atoms with E-state index in [1.54, 1.807) is 42.5 Å². The number of amides is 3. The second kappa shape index (κ2) is 15.6. The van der Waals surface area contributed by atoms with Crippen LogP contribution in [0.4, 0.5) is 11.4 Å². The number of carbonyl (C=O) groups excluding carboxylic acids is 3. The van der Waals surface area contributed by atoms with E-state index in [0.29, 0.717) is 23.5 Å². The molecule has 0 radical (unpaired) electrons.